The minimum absolute atomic E-state index is 0.0361. The Morgan fingerprint density at radius 2 is 2.11 bits per heavy atom. The van der Waals surface area contributed by atoms with Crippen LogP contribution in [-0.4, -0.2) is 31.4 Å². The van der Waals surface area contributed by atoms with Gasteiger partial charge in [0.2, 0.25) is 0 Å². The highest BCUT2D eigenvalue weighted by atomic mass is 16.5. The van der Waals surface area contributed by atoms with Crippen LogP contribution in [0.5, 0.6) is 5.75 Å². The summed E-state index contributed by atoms with van der Waals surface area (Å²) in [7, 11) is 3.70. The van der Waals surface area contributed by atoms with Crippen molar-refractivity contribution in [2.45, 2.75) is 20.4 Å². The maximum absolute atomic E-state index is 7.47. The number of methoxy groups -OCH3 is 1. The van der Waals surface area contributed by atoms with Crippen LogP contribution in [0.1, 0.15) is 25.0 Å². The second-order valence-electron chi connectivity index (χ2n) is 5.04. The number of ether oxygens (including phenoxy) is 1. The number of hydrogen-bond acceptors (Lipinski definition) is 3. The van der Waals surface area contributed by atoms with Crippen LogP contribution in [0, 0.1) is 11.3 Å². The van der Waals surface area contributed by atoms with E-state index >= 15 is 0 Å². The van der Waals surface area contributed by atoms with Crippen LogP contribution < -0.4 is 10.5 Å². The fourth-order valence-corrected chi connectivity index (χ4v) is 2.06. The van der Waals surface area contributed by atoms with E-state index in [9.17, 15) is 0 Å². The van der Waals surface area contributed by atoms with Crippen LogP contribution in [0.25, 0.3) is 0 Å². The third kappa shape index (κ3) is 4.04. The van der Waals surface area contributed by atoms with Crippen LogP contribution in [0.15, 0.2) is 18.2 Å². The summed E-state index contributed by atoms with van der Waals surface area (Å²) in [5.41, 5.74) is 7.31. The van der Waals surface area contributed by atoms with E-state index in [-0.39, 0.29) is 5.84 Å². The normalized spacial score (nSPS) is 11.0. The van der Waals surface area contributed by atoms with Gasteiger partial charge >= 0.3 is 0 Å². The number of rotatable bonds is 6. The number of nitrogen functional groups attached to an aromatic ring is 1. The summed E-state index contributed by atoms with van der Waals surface area (Å²) in [5, 5.41) is 7.47. The van der Waals surface area contributed by atoms with Crippen LogP contribution >= 0.6 is 0 Å². The van der Waals surface area contributed by atoms with E-state index in [1.165, 1.54) is 5.56 Å². The van der Waals surface area contributed by atoms with Gasteiger partial charge in [0.05, 0.1) is 12.7 Å². The summed E-state index contributed by atoms with van der Waals surface area (Å²) >= 11 is 0. The zero-order valence-corrected chi connectivity index (χ0v) is 11.7. The van der Waals surface area contributed by atoms with Crippen molar-refractivity contribution >= 4 is 5.84 Å². The summed E-state index contributed by atoms with van der Waals surface area (Å²) in [6.45, 7) is 6.33. The molecule has 4 nitrogen and oxygen atoms in total. The van der Waals surface area contributed by atoms with Gasteiger partial charge in [-0.1, -0.05) is 19.9 Å². The Balaban J connectivity index is 2.82. The first-order valence-corrected chi connectivity index (χ1v) is 6.14. The molecule has 0 spiro atoms. The van der Waals surface area contributed by atoms with Gasteiger partial charge in [-0.3, -0.25) is 5.41 Å². The van der Waals surface area contributed by atoms with E-state index in [1.807, 2.05) is 18.2 Å². The third-order valence-corrected chi connectivity index (χ3v) is 2.69. The van der Waals surface area contributed by atoms with E-state index in [0.29, 0.717) is 17.2 Å². The van der Waals surface area contributed by atoms with Gasteiger partial charge in [-0.25, -0.2) is 0 Å². The van der Waals surface area contributed by atoms with Gasteiger partial charge in [-0.05, 0) is 30.7 Å². The number of nitrogens with two attached hydrogens (primary N) is 1. The Hall–Kier alpha value is -1.55. The summed E-state index contributed by atoms with van der Waals surface area (Å²) in [5.74, 6) is 1.35. The molecular weight excluding hydrogens is 226 g/mol. The number of amidine groups is 1. The van der Waals surface area contributed by atoms with Crippen molar-refractivity contribution in [3.8, 4) is 5.75 Å². The second kappa shape index (κ2) is 6.40. The zero-order valence-electron chi connectivity index (χ0n) is 11.7. The number of nitrogens with one attached hydrogen (secondary N) is 1. The van der Waals surface area contributed by atoms with E-state index < -0.39 is 0 Å². The van der Waals surface area contributed by atoms with Gasteiger partial charge in [0, 0.05) is 13.1 Å². The standard InChI is InChI=1S/C14H23N3O/c1-10(2)8-17(3)9-11-5-6-12(14(15)16)13(7-11)18-4/h5-7,10H,8-9H2,1-4H3,(H3,15,16). The SMILES string of the molecule is COc1cc(CN(C)CC(C)C)ccc1C(=N)N. The van der Waals surface area contributed by atoms with Crippen LogP contribution in [0.4, 0.5) is 0 Å². The minimum atomic E-state index is 0.0361. The Labute approximate surface area is 109 Å². The van der Waals surface area contributed by atoms with E-state index in [0.717, 1.165) is 13.1 Å². The summed E-state index contributed by atoms with van der Waals surface area (Å²) < 4.78 is 5.27. The molecule has 0 unspecified atom stereocenters. The van der Waals surface area contributed by atoms with Crippen molar-refractivity contribution in [1.29, 1.82) is 5.41 Å². The smallest absolute Gasteiger partial charge is 0.130 e. The van der Waals surface area contributed by atoms with Gasteiger partial charge in [-0.15, -0.1) is 0 Å². The molecule has 0 atom stereocenters. The molecule has 100 valence electrons. The van der Waals surface area contributed by atoms with Crippen LogP contribution in [0.3, 0.4) is 0 Å². The Morgan fingerprint density at radius 3 is 2.61 bits per heavy atom. The third-order valence-electron chi connectivity index (χ3n) is 2.69. The molecule has 18 heavy (non-hydrogen) atoms. The van der Waals surface area contributed by atoms with Crippen molar-refractivity contribution < 1.29 is 4.74 Å². The van der Waals surface area contributed by atoms with E-state index in [4.69, 9.17) is 15.9 Å². The minimum Gasteiger partial charge on any atom is -0.496 e. The Kier molecular flexibility index (Phi) is 5.16. The molecule has 0 aliphatic rings. The van der Waals surface area contributed by atoms with Gasteiger partial charge < -0.3 is 15.4 Å². The first kappa shape index (κ1) is 14.5. The highest BCUT2D eigenvalue weighted by Gasteiger charge is 2.09. The maximum Gasteiger partial charge on any atom is 0.130 e. The van der Waals surface area contributed by atoms with Gasteiger partial charge in [0.25, 0.3) is 0 Å². The first-order valence-electron chi connectivity index (χ1n) is 6.14. The molecule has 0 saturated heterocycles. The molecule has 0 aliphatic carbocycles. The molecule has 1 rings (SSSR count). The fraction of sp³-hybridized carbons (Fsp3) is 0.500. The average molecular weight is 249 g/mol. The number of nitrogens with zero attached hydrogens (tertiary/aromatic N) is 1. The van der Waals surface area contributed by atoms with Crippen molar-refractivity contribution in [3.05, 3.63) is 29.3 Å². The Morgan fingerprint density at radius 1 is 1.44 bits per heavy atom. The fourth-order valence-electron chi connectivity index (χ4n) is 2.06. The predicted molar refractivity (Wildman–Crippen MR) is 75.2 cm³/mol. The lowest BCUT2D eigenvalue weighted by atomic mass is 10.1. The molecule has 0 bridgehead atoms. The summed E-state index contributed by atoms with van der Waals surface area (Å²) in [6, 6.07) is 5.79. The molecule has 4 heteroatoms. The van der Waals surface area contributed by atoms with Crippen molar-refractivity contribution in [2.24, 2.45) is 11.7 Å². The maximum atomic E-state index is 7.47. The molecule has 0 saturated carbocycles. The van der Waals surface area contributed by atoms with Crippen molar-refractivity contribution in [1.82, 2.24) is 4.90 Å². The second-order valence-corrected chi connectivity index (χ2v) is 5.04. The summed E-state index contributed by atoms with van der Waals surface area (Å²) in [6.07, 6.45) is 0. The lowest BCUT2D eigenvalue weighted by molar-refractivity contribution is 0.288. The lowest BCUT2D eigenvalue weighted by Gasteiger charge is -2.19. The van der Waals surface area contributed by atoms with E-state index in [1.54, 1.807) is 7.11 Å². The molecule has 0 aromatic heterocycles. The van der Waals surface area contributed by atoms with Crippen LogP contribution in [0.2, 0.25) is 0 Å². The first-order chi connectivity index (χ1) is 8.43. The molecule has 0 radical (unpaired) electrons. The van der Waals surface area contributed by atoms with Gasteiger partial charge in [0.1, 0.15) is 11.6 Å². The molecule has 1 aromatic carbocycles. The van der Waals surface area contributed by atoms with Crippen molar-refractivity contribution in [3.63, 3.8) is 0 Å². The molecule has 0 aliphatic heterocycles. The molecule has 0 fully saturated rings. The quantitative estimate of drug-likeness (QED) is 0.599. The highest BCUT2D eigenvalue weighted by molar-refractivity contribution is 5.97. The monoisotopic (exact) mass is 249 g/mol. The molecule has 3 N–H and O–H groups in total. The summed E-state index contributed by atoms with van der Waals surface area (Å²) in [4.78, 5) is 2.27. The molecular formula is C14H23N3O. The lowest BCUT2D eigenvalue weighted by Crippen LogP contribution is -2.22. The molecule has 0 amide bonds. The van der Waals surface area contributed by atoms with Crippen LogP contribution in [-0.2, 0) is 6.54 Å². The number of hydrogen-bond donors (Lipinski definition) is 2. The number of benzene rings is 1. The molecule has 1 aromatic rings. The van der Waals surface area contributed by atoms with Crippen molar-refractivity contribution in [2.75, 3.05) is 20.7 Å². The largest absolute Gasteiger partial charge is 0.496 e. The molecule has 0 heterocycles. The van der Waals surface area contributed by atoms with E-state index in [2.05, 4.69) is 25.8 Å². The Bertz CT molecular complexity index is 416. The average Bonchev–Trinajstić information content (AvgIpc) is 2.27. The topological polar surface area (TPSA) is 62.3 Å². The highest BCUT2D eigenvalue weighted by Crippen LogP contribution is 2.20. The zero-order chi connectivity index (χ0) is 13.7. The van der Waals surface area contributed by atoms with Gasteiger partial charge in [0.15, 0.2) is 0 Å². The predicted octanol–water partition coefficient (Wildman–Crippen LogP) is 2.07. The van der Waals surface area contributed by atoms with Gasteiger partial charge in [-0.2, -0.15) is 0 Å².